The van der Waals surface area contributed by atoms with Crippen LogP contribution < -0.4 is 20.7 Å². The van der Waals surface area contributed by atoms with Gasteiger partial charge in [0.15, 0.2) is 0 Å². The molecule has 1 amide bonds. The van der Waals surface area contributed by atoms with Crippen molar-refractivity contribution in [1.82, 2.24) is 5.32 Å². The van der Waals surface area contributed by atoms with Crippen molar-refractivity contribution in [3.8, 4) is 5.75 Å². The van der Waals surface area contributed by atoms with E-state index < -0.39 is 17.4 Å². The molecule has 2 fully saturated rings. The molecule has 3 N–H and O–H groups in total. The number of halogens is 2. The Bertz CT molecular complexity index is 1050. The summed E-state index contributed by atoms with van der Waals surface area (Å²) in [6.45, 7) is 0. The third-order valence-electron chi connectivity index (χ3n) is 7.84. The smallest absolute Gasteiger partial charge is 0.228 e. The lowest BCUT2D eigenvalue weighted by molar-refractivity contribution is -0.130. The van der Waals surface area contributed by atoms with Crippen LogP contribution in [0.15, 0.2) is 36.4 Å². The normalized spacial score (nSPS) is 23.6. The van der Waals surface area contributed by atoms with Crippen LogP contribution in [0.1, 0.15) is 63.4 Å². The highest BCUT2D eigenvalue weighted by atomic mass is 35.5. The summed E-state index contributed by atoms with van der Waals surface area (Å²) in [6, 6.07) is 10.8. The first-order valence-electron chi connectivity index (χ1n) is 12.5. The van der Waals surface area contributed by atoms with Crippen LogP contribution in [0, 0.1) is 17.7 Å². The molecule has 2 unspecified atom stereocenters. The Morgan fingerprint density at radius 1 is 1.03 bits per heavy atom. The molecule has 2 aromatic carbocycles. The number of anilines is 2. The van der Waals surface area contributed by atoms with E-state index in [0.717, 1.165) is 68.5 Å². The Morgan fingerprint density at radius 2 is 1.74 bits per heavy atom. The maximum atomic E-state index is 14.8. The molecule has 182 valence electrons. The molecular formula is C27H33ClFN3O2. The van der Waals surface area contributed by atoms with Crippen molar-refractivity contribution < 1.29 is 13.9 Å². The minimum absolute atomic E-state index is 0.0360. The topological polar surface area (TPSA) is 62.4 Å². The van der Waals surface area contributed by atoms with Gasteiger partial charge in [0.05, 0.1) is 29.4 Å². The lowest BCUT2D eigenvalue weighted by Gasteiger charge is -2.43. The van der Waals surface area contributed by atoms with Crippen molar-refractivity contribution in [1.29, 1.82) is 0 Å². The molecule has 2 atom stereocenters. The quantitative estimate of drug-likeness (QED) is 0.441. The van der Waals surface area contributed by atoms with Crippen LogP contribution in [0.3, 0.4) is 0 Å². The van der Waals surface area contributed by atoms with E-state index in [1.807, 2.05) is 24.3 Å². The van der Waals surface area contributed by atoms with E-state index in [1.54, 1.807) is 13.2 Å². The number of nitrogens with one attached hydrogen (secondary N) is 3. The molecule has 3 aliphatic rings. The Hall–Kier alpha value is -2.47. The van der Waals surface area contributed by atoms with E-state index in [2.05, 4.69) is 16.0 Å². The second-order valence-corrected chi connectivity index (χ2v) is 10.4. The van der Waals surface area contributed by atoms with E-state index in [9.17, 15) is 9.18 Å². The van der Waals surface area contributed by atoms with Crippen LogP contribution in [-0.2, 0) is 10.5 Å². The summed E-state index contributed by atoms with van der Waals surface area (Å²) in [5, 5.41) is 10.7. The molecule has 7 heteroatoms. The van der Waals surface area contributed by atoms with Crippen molar-refractivity contribution in [2.45, 2.75) is 69.5 Å². The van der Waals surface area contributed by atoms with Gasteiger partial charge in [-0.25, -0.2) is 4.39 Å². The molecule has 0 bridgehead atoms. The van der Waals surface area contributed by atoms with E-state index in [1.165, 1.54) is 12.5 Å². The SMILES string of the molecule is COc1ccc2c(c1)NC(c1ccc(Cl)c(F)c1)(C(C(=O)NC1CCCC1)C1CCCCC1)N2. The number of ether oxygens (including phenoxy) is 1. The number of amides is 1. The Labute approximate surface area is 205 Å². The zero-order chi connectivity index (χ0) is 23.7. The highest BCUT2D eigenvalue weighted by molar-refractivity contribution is 6.30. The summed E-state index contributed by atoms with van der Waals surface area (Å²) in [4.78, 5) is 14.1. The molecule has 2 aliphatic carbocycles. The number of hydrogen-bond acceptors (Lipinski definition) is 4. The number of methoxy groups -OCH3 is 1. The fourth-order valence-electron chi connectivity index (χ4n) is 6.13. The van der Waals surface area contributed by atoms with Crippen molar-refractivity contribution >= 4 is 28.9 Å². The molecule has 0 spiro atoms. The summed E-state index contributed by atoms with van der Waals surface area (Å²) in [5.41, 5.74) is 1.38. The Morgan fingerprint density at radius 3 is 2.44 bits per heavy atom. The molecule has 5 nitrogen and oxygen atoms in total. The van der Waals surface area contributed by atoms with Gasteiger partial charge in [-0.05, 0) is 55.9 Å². The van der Waals surface area contributed by atoms with Gasteiger partial charge >= 0.3 is 0 Å². The number of fused-ring (bicyclic) bond motifs is 1. The van der Waals surface area contributed by atoms with Crippen LogP contribution in [0.4, 0.5) is 15.8 Å². The fourth-order valence-corrected chi connectivity index (χ4v) is 6.25. The molecule has 5 rings (SSSR count). The van der Waals surface area contributed by atoms with Gasteiger partial charge in [-0.2, -0.15) is 0 Å². The predicted molar refractivity (Wildman–Crippen MR) is 134 cm³/mol. The van der Waals surface area contributed by atoms with Crippen LogP contribution in [0.25, 0.3) is 0 Å². The molecule has 34 heavy (non-hydrogen) atoms. The average Bonchev–Trinajstić information content (AvgIpc) is 3.49. The lowest BCUT2D eigenvalue weighted by atomic mass is 9.71. The van der Waals surface area contributed by atoms with E-state index in [-0.39, 0.29) is 22.9 Å². The van der Waals surface area contributed by atoms with Gasteiger partial charge in [0.1, 0.15) is 17.2 Å². The van der Waals surface area contributed by atoms with Gasteiger partial charge < -0.3 is 20.7 Å². The second-order valence-electron chi connectivity index (χ2n) is 9.96. The van der Waals surface area contributed by atoms with Crippen molar-refractivity contribution in [3.63, 3.8) is 0 Å². The van der Waals surface area contributed by atoms with E-state index in [4.69, 9.17) is 16.3 Å². The third-order valence-corrected chi connectivity index (χ3v) is 8.14. The van der Waals surface area contributed by atoms with Crippen LogP contribution in [0.5, 0.6) is 5.75 Å². The molecule has 1 heterocycles. The molecule has 1 aliphatic heterocycles. The highest BCUT2D eigenvalue weighted by Crippen LogP contribution is 2.50. The largest absolute Gasteiger partial charge is 0.497 e. The average molecular weight is 486 g/mol. The summed E-state index contributed by atoms with van der Waals surface area (Å²) in [5.74, 6) is 0.0106. The lowest BCUT2D eigenvalue weighted by Crippen LogP contribution is -2.56. The third kappa shape index (κ3) is 4.33. The predicted octanol–water partition coefficient (Wildman–Crippen LogP) is 6.43. The highest BCUT2D eigenvalue weighted by Gasteiger charge is 2.52. The van der Waals surface area contributed by atoms with Gasteiger partial charge in [-0.3, -0.25) is 4.79 Å². The summed E-state index contributed by atoms with van der Waals surface area (Å²) < 4.78 is 20.2. The molecule has 2 aromatic rings. The van der Waals surface area contributed by atoms with Crippen LogP contribution in [0.2, 0.25) is 5.02 Å². The van der Waals surface area contributed by atoms with Crippen molar-refractivity contribution in [3.05, 3.63) is 52.8 Å². The zero-order valence-electron chi connectivity index (χ0n) is 19.6. The van der Waals surface area contributed by atoms with Gasteiger partial charge in [0, 0.05) is 17.7 Å². The summed E-state index contributed by atoms with van der Waals surface area (Å²) in [6.07, 6.45) is 9.67. The molecule has 2 saturated carbocycles. The number of hydrogen-bond donors (Lipinski definition) is 3. The monoisotopic (exact) mass is 485 g/mol. The Balaban J connectivity index is 1.61. The first-order valence-corrected chi connectivity index (χ1v) is 12.9. The standard InChI is InChI=1S/C27H33ClFN3O2/c1-34-20-12-14-23-24(16-20)32-27(31-23,18-11-13-21(28)22(29)15-18)25(17-7-3-2-4-8-17)26(33)30-19-9-5-6-10-19/h11-17,19,25,31-32H,2-10H2,1H3,(H,30,33). The maximum absolute atomic E-state index is 14.8. The molecule has 0 saturated heterocycles. The first-order chi connectivity index (χ1) is 16.5. The summed E-state index contributed by atoms with van der Waals surface area (Å²) >= 11 is 6.05. The van der Waals surface area contributed by atoms with Crippen LogP contribution >= 0.6 is 11.6 Å². The molecular weight excluding hydrogens is 453 g/mol. The van der Waals surface area contributed by atoms with E-state index >= 15 is 0 Å². The number of rotatable bonds is 6. The number of benzene rings is 2. The van der Waals surface area contributed by atoms with E-state index in [0.29, 0.717) is 5.56 Å². The fraction of sp³-hybridized carbons (Fsp3) is 0.519. The number of carbonyl (C=O) groups excluding carboxylic acids is 1. The minimum atomic E-state index is -0.995. The Kier molecular flexibility index (Phi) is 6.61. The molecule has 0 aromatic heterocycles. The van der Waals surface area contributed by atoms with Crippen LogP contribution in [-0.4, -0.2) is 19.1 Å². The number of carbonyl (C=O) groups is 1. The molecule has 0 radical (unpaired) electrons. The van der Waals surface area contributed by atoms with Gasteiger partial charge in [0.2, 0.25) is 5.91 Å². The van der Waals surface area contributed by atoms with Gasteiger partial charge in [-0.15, -0.1) is 0 Å². The van der Waals surface area contributed by atoms with Gasteiger partial charge in [0.25, 0.3) is 0 Å². The summed E-state index contributed by atoms with van der Waals surface area (Å²) in [7, 11) is 1.63. The first kappa shape index (κ1) is 23.3. The second kappa shape index (κ2) is 9.65. The maximum Gasteiger partial charge on any atom is 0.228 e. The zero-order valence-corrected chi connectivity index (χ0v) is 20.4. The van der Waals surface area contributed by atoms with Crippen molar-refractivity contribution in [2.24, 2.45) is 11.8 Å². The van der Waals surface area contributed by atoms with Gasteiger partial charge in [-0.1, -0.05) is 49.8 Å². The minimum Gasteiger partial charge on any atom is -0.497 e. The van der Waals surface area contributed by atoms with Crippen molar-refractivity contribution in [2.75, 3.05) is 17.7 Å².